The molecule has 27 heavy (non-hydrogen) atoms. The Morgan fingerprint density at radius 3 is 2.78 bits per heavy atom. The van der Waals surface area contributed by atoms with Gasteiger partial charge in [0.1, 0.15) is 11.3 Å². The molecule has 0 bridgehead atoms. The molecule has 0 atom stereocenters. The number of carbonyl (C=O) groups is 1. The first kappa shape index (κ1) is 21.1. The third-order valence-corrected chi connectivity index (χ3v) is 4.52. The van der Waals surface area contributed by atoms with Gasteiger partial charge in [-0.1, -0.05) is 31.5 Å². The van der Waals surface area contributed by atoms with Crippen molar-refractivity contribution in [3.63, 3.8) is 0 Å². The second-order valence-corrected chi connectivity index (χ2v) is 6.50. The Kier molecular flexibility index (Phi) is 8.43. The van der Waals surface area contributed by atoms with Gasteiger partial charge in [0.2, 0.25) is 0 Å². The van der Waals surface area contributed by atoms with E-state index < -0.39 is 0 Å². The van der Waals surface area contributed by atoms with Crippen LogP contribution < -0.4 is 5.32 Å². The van der Waals surface area contributed by atoms with E-state index in [1.165, 1.54) is 7.11 Å². The van der Waals surface area contributed by atoms with E-state index in [0.717, 1.165) is 37.0 Å². The Hall–Kier alpha value is -2.24. The maximum atomic E-state index is 12.2. The molecule has 0 saturated carbocycles. The van der Waals surface area contributed by atoms with Crippen molar-refractivity contribution in [2.24, 2.45) is 0 Å². The summed E-state index contributed by atoms with van der Waals surface area (Å²) in [5.74, 6) is 0.713. The highest BCUT2D eigenvalue weighted by Crippen LogP contribution is 2.23. The number of carbonyl (C=O) groups excluding carboxylic acids is 1. The van der Waals surface area contributed by atoms with E-state index in [-0.39, 0.29) is 11.7 Å². The van der Waals surface area contributed by atoms with Crippen molar-refractivity contribution in [1.29, 1.82) is 0 Å². The summed E-state index contributed by atoms with van der Waals surface area (Å²) in [6, 6.07) is 7.36. The van der Waals surface area contributed by atoms with Crippen molar-refractivity contribution in [3.8, 4) is 0 Å². The van der Waals surface area contributed by atoms with Gasteiger partial charge in [0, 0.05) is 17.0 Å². The molecule has 5 nitrogen and oxygen atoms in total. The number of hydrogen-bond donors (Lipinski definition) is 1. The van der Waals surface area contributed by atoms with Crippen LogP contribution in [0.25, 0.3) is 17.0 Å². The van der Waals surface area contributed by atoms with Crippen molar-refractivity contribution in [1.82, 2.24) is 10.2 Å². The summed E-state index contributed by atoms with van der Waals surface area (Å²) >= 11 is 5.98. The molecule has 0 spiro atoms. The van der Waals surface area contributed by atoms with Gasteiger partial charge in [0.25, 0.3) is 5.91 Å². The maximum Gasteiger partial charge on any atom is 0.286 e. The molecule has 0 saturated heterocycles. The predicted octanol–water partition coefficient (Wildman–Crippen LogP) is 4.48. The first-order chi connectivity index (χ1) is 13.1. The third-order valence-electron chi connectivity index (χ3n) is 4.28. The number of rotatable bonds is 10. The van der Waals surface area contributed by atoms with Crippen LogP contribution in [0.1, 0.15) is 26.0 Å². The Labute approximate surface area is 165 Å². The fourth-order valence-corrected chi connectivity index (χ4v) is 2.90. The lowest BCUT2D eigenvalue weighted by molar-refractivity contribution is -0.120. The number of fused-ring (bicyclic) bond motifs is 1. The van der Waals surface area contributed by atoms with E-state index in [0.29, 0.717) is 17.3 Å². The standard InChI is InChI=1S/C21H27ClN2O3/c1-4-24(5-2)13-7-12-23-21(25)20(26-3)9-6-8-18-15-16-14-17(22)10-11-19(16)27-18/h6,8-11,14-15H,4-5,7,12-13H2,1-3H3,(H,23,25). The molecule has 1 heterocycles. The molecular weight excluding hydrogens is 364 g/mol. The van der Waals surface area contributed by atoms with Gasteiger partial charge in [-0.2, -0.15) is 0 Å². The lowest BCUT2D eigenvalue weighted by Crippen LogP contribution is -2.30. The Morgan fingerprint density at radius 1 is 1.30 bits per heavy atom. The van der Waals surface area contributed by atoms with Gasteiger partial charge in [-0.15, -0.1) is 0 Å². The molecule has 0 aliphatic carbocycles. The second-order valence-electron chi connectivity index (χ2n) is 6.06. The number of nitrogens with one attached hydrogen (secondary N) is 1. The number of methoxy groups -OCH3 is 1. The first-order valence-electron chi connectivity index (χ1n) is 9.19. The molecule has 146 valence electrons. The zero-order valence-corrected chi connectivity index (χ0v) is 16.9. The van der Waals surface area contributed by atoms with Crippen LogP contribution in [-0.4, -0.2) is 44.1 Å². The molecule has 0 unspecified atom stereocenters. The molecule has 2 aromatic rings. The largest absolute Gasteiger partial charge is 0.491 e. The summed E-state index contributed by atoms with van der Waals surface area (Å²) in [5, 5.41) is 4.48. The van der Waals surface area contributed by atoms with E-state index >= 15 is 0 Å². The highest BCUT2D eigenvalue weighted by Gasteiger charge is 2.08. The van der Waals surface area contributed by atoms with Crippen molar-refractivity contribution >= 4 is 34.6 Å². The Balaban J connectivity index is 1.89. The smallest absolute Gasteiger partial charge is 0.286 e. The summed E-state index contributed by atoms with van der Waals surface area (Å²) in [7, 11) is 1.48. The number of allylic oxidation sites excluding steroid dienone is 2. The van der Waals surface area contributed by atoms with Crippen molar-refractivity contribution < 1.29 is 13.9 Å². The molecule has 0 fully saturated rings. The van der Waals surface area contributed by atoms with Crippen LogP contribution in [0.15, 0.2) is 46.6 Å². The average Bonchev–Trinajstić information content (AvgIpc) is 3.07. The second kappa shape index (κ2) is 10.8. The zero-order valence-electron chi connectivity index (χ0n) is 16.1. The van der Waals surface area contributed by atoms with Crippen molar-refractivity contribution in [2.45, 2.75) is 20.3 Å². The highest BCUT2D eigenvalue weighted by atomic mass is 35.5. The first-order valence-corrected chi connectivity index (χ1v) is 9.57. The number of benzene rings is 1. The van der Waals surface area contributed by atoms with Gasteiger partial charge in [0.05, 0.1) is 7.11 Å². The Morgan fingerprint density at radius 2 is 2.07 bits per heavy atom. The molecule has 0 aliphatic heterocycles. The summed E-state index contributed by atoms with van der Waals surface area (Å²) in [6.45, 7) is 7.89. The number of furan rings is 1. The Bertz CT molecular complexity index is 807. The molecule has 1 aromatic heterocycles. The normalized spacial score (nSPS) is 12.3. The summed E-state index contributed by atoms with van der Waals surface area (Å²) in [4.78, 5) is 14.5. The fourth-order valence-electron chi connectivity index (χ4n) is 2.72. The topological polar surface area (TPSA) is 54.7 Å². The quantitative estimate of drug-likeness (QED) is 0.281. The van der Waals surface area contributed by atoms with E-state index in [2.05, 4.69) is 24.1 Å². The van der Waals surface area contributed by atoms with Crippen LogP contribution in [0.3, 0.4) is 0 Å². The van der Waals surface area contributed by atoms with Crippen molar-refractivity contribution in [2.75, 3.05) is 33.3 Å². The van der Waals surface area contributed by atoms with Crippen LogP contribution in [0.2, 0.25) is 5.02 Å². The summed E-state index contributed by atoms with van der Waals surface area (Å²) in [6.07, 6.45) is 6.04. The van der Waals surface area contributed by atoms with Gasteiger partial charge < -0.3 is 19.4 Å². The molecular formula is C21H27ClN2O3. The van der Waals surface area contributed by atoms with Crippen LogP contribution in [0.4, 0.5) is 0 Å². The molecule has 1 aromatic carbocycles. The maximum absolute atomic E-state index is 12.2. The SMILES string of the molecule is CCN(CC)CCCNC(=O)C(=CC=Cc1cc2cc(Cl)ccc2o1)OC. The predicted molar refractivity (Wildman–Crippen MR) is 111 cm³/mol. The molecule has 6 heteroatoms. The van der Waals surface area contributed by atoms with Gasteiger partial charge in [-0.3, -0.25) is 4.79 Å². The highest BCUT2D eigenvalue weighted by molar-refractivity contribution is 6.31. The molecule has 0 aliphatic rings. The van der Waals surface area contributed by atoms with E-state index in [9.17, 15) is 4.79 Å². The minimum Gasteiger partial charge on any atom is -0.491 e. The lowest BCUT2D eigenvalue weighted by atomic mass is 10.2. The third kappa shape index (κ3) is 6.45. The number of hydrogen-bond acceptors (Lipinski definition) is 4. The number of amides is 1. The molecule has 1 N–H and O–H groups in total. The summed E-state index contributed by atoms with van der Waals surface area (Å²) in [5.41, 5.74) is 0.765. The van der Waals surface area contributed by atoms with Crippen LogP contribution in [-0.2, 0) is 9.53 Å². The van der Waals surface area contributed by atoms with Crippen LogP contribution in [0.5, 0.6) is 0 Å². The lowest BCUT2D eigenvalue weighted by Gasteiger charge is -2.17. The average molecular weight is 391 g/mol. The van der Waals surface area contributed by atoms with Gasteiger partial charge in [-0.05, 0) is 62.5 Å². The number of nitrogens with zero attached hydrogens (tertiary/aromatic N) is 1. The zero-order chi connectivity index (χ0) is 19.6. The fraction of sp³-hybridized carbons (Fsp3) is 0.381. The van der Waals surface area contributed by atoms with E-state index in [4.69, 9.17) is 20.8 Å². The van der Waals surface area contributed by atoms with Gasteiger partial charge in [0.15, 0.2) is 5.76 Å². The molecule has 1 amide bonds. The summed E-state index contributed by atoms with van der Waals surface area (Å²) < 4.78 is 10.9. The minimum absolute atomic E-state index is 0.224. The van der Waals surface area contributed by atoms with Gasteiger partial charge in [-0.25, -0.2) is 0 Å². The van der Waals surface area contributed by atoms with Crippen LogP contribution in [0, 0.1) is 0 Å². The number of halogens is 1. The minimum atomic E-state index is -0.224. The number of ether oxygens (including phenoxy) is 1. The van der Waals surface area contributed by atoms with E-state index in [1.54, 1.807) is 24.3 Å². The van der Waals surface area contributed by atoms with E-state index in [1.807, 2.05) is 18.2 Å². The van der Waals surface area contributed by atoms with Crippen molar-refractivity contribution in [3.05, 3.63) is 53.0 Å². The monoisotopic (exact) mass is 390 g/mol. The van der Waals surface area contributed by atoms with Gasteiger partial charge >= 0.3 is 0 Å². The van der Waals surface area contributed by atoms with Crippen LogP contribution >= 0.6 is 11.6 Å². The molecule has 2 rings (SSSR count). The molecule has 0 radical (unpaired) electrons.